The minimum Gasteiger partial charge on any atom is -0.418 e. The average molecular weight is 217 g/mol. The molecule has 0 radical (unpaired) electrons. The van der Waals surface area contributed by atoms with Gasteiger partial charge in [-0.05, 0) is 25.0 Å². The van der Waals surface area contributed by atoms with Crippen LogP contribution in [0.3, 0.4) is 0 Å². The van der Waals surface area contributed by atoms with Gasteiger partial charge in [0.25, 0.3) is 0 Å². The minimum absolute atomic E-state index is 0.0249. The van der Waals surface area contributed by atoms with Crippen LogP contribution in [-0.2, 0) is 4.74 Å². The maximum Gasteiger partial charge on any atom is 0.248 e. The molecule has 2 aromatic heterocycles. The van der Waals surface area contributed by atoms with Crippen molar-refractivity contribution < 1.29 is 9.15 Å². The lowest BCUT2D eigenvalue weighted by Crippen LogP contribution is -1.95. The Bertz CT molecular complexity index is 463. The Morgan fingerprint density at radius 1 is 1.19 bits per heavy atom. The molecule has 5 nitrogen and oxygen atoms in total. The van der Waals surface area contributed by atoms with E-state index in [0.717, 1.165) is 25.0 Å². The predicted octanol–water partition coefficient (Wildman–Crippen LogP) is 1.98. The number of hydrogen-bond donors (Lipinski definition) is 0. The van der Waals surface area contributed by atoms with Gasteiger partial charge in [0.15, 0.2) is 0 Å². The van der Waals surface area contributed by atoms with Crippen LogP contribution >= 0.6 is 0 Å². The molecule has 16 heavy (non-hydrogen) atoms. The summed E-state index contributed by atoms with van der Waals surface area (Å²) in [6, 6.07) is 3.68. The van der Waals surface area contributed by atoms with Crippen LogP contribution in [-0.4, -0.2) is 21.8 Å². The van der Waals surface area contributed by atoms with Crippen LogP contribution < -0.4 is 0 Å². The highest BCUT2D eigenvalue weighted by Crippen LogP contribution is 2.29. The van der Waals surface area contributed by atoms with Gasteiger partial charge in [-0.15, -0.1) is 10.2 Å². The molecule has 1 aliphatic rings. The highest BCUT2D eigenvalue weighted by molar-refractivity contribution is 5.50. The summed E-state index contributed by atoms with van der Waals surface area (Å²) >= 11 is 0. The molecule has 3 heterocycles. The van der Waals surface area contributed by atoms with Crippen LogP contribution in [0.15, 0.2) is 28.9 Å². The van der Waals surface area contributed by atoms with E-state index in [1.165, 1.54) is 0 Å². The molecule has 3 rings (SSSR count). The van der Waals surface area contributed by atoms with Gasteiger partial charge < -0.3 is 9.15 Å². The molecule has 0 saturated carbocycles. The standard InChI is InChI=1S/C11H11N3O2/c1-2-9(15-7-1)11-14-13-10(16-11)8-3-5-12-6-4-8/h3-6,9H,1-2,7H2. The van der Waals surface area contributed by atoms with Crippen LogP contribution in [0.2, 0.25) is 0 Å². The number of hydrogen-bond acceptors (Lipinski definition) is 5. The van der Waals surface area contributed by atoms with Gasteiger partial charge in [0.05, 0.1) is 0 Å². The Morgan fingerprint density at radius 2 is 2.06 bits per heavy atom. The zero-order valence-electron chi connectivity index (χ0n) is 8.67. The molecule has 2 aromatic rings. The largest absolute Gasteiger partial charge is 0.418 e. The summed E-state index contributed by atoms with van der Waals surface area (Å²) in [6.07, 6.45) is 5.38. The van der Waals surface area contributed by atoms with E-state index in [4.69, 9.17) is 9.15 Å². The van der Waals surface area contributed by atoms with Crippen molar-refractivity contribution in [1.82, 2.24) is 15.2 Å². The van der Waals surface area contributed by atoms with Crippen LogP contribution in [0.5, 0.6) is 0 Å². The Morgan fingerprint density at radius 3 is 2.81 bits per heavy atom. The first-order chi connectivity index (χ1) is 7.93. The second kappa shape index (κ2) is 4.02. The van der Waals surface area contributed by atoms with E-state index in [1.54, 1.807) is 12.4 Å². The van der Waals surface area contributed by atoms with Gasteiger partial charge >= 0.3 is 0 Å². The number of pyridine rings is 1. The van der Waals surface area contributed by atoms with Crippen LogP contribution in [0.4, 0.5) is 0 Å². The second-order valence-electron chi connectivity index (χ2n) is 3.68. The highest BCUT2D eigenvalue weighted by atomic mass is 16.5. The first-order valence-corrected chi connectivity index (χ1v) is 5.29. The molecular weight excluding hydrogens is 206 g/mol. The average Bonchev–Trinajstić information content (AvgIpc) is 3.01. The maximum absolute atomic E-state index is 5.58. The third-order valence-corrected chi connectivity index (χ3v) is 2.57. The predicted molar refractivity (Wildman–Crippen MR) is 55.5 cm³/mol. The fraction of sp³-hybridized carbons (Fsp3) is 0.364. The van der Waals surface area contributed by atoms with E-state index in [-0.39, 0.29) is 6.10 Å². The molecule has 0 bridgehead atoms. The quantitative estimate of drug-likeness (QED) is 0.769. The van der Waals surface area contributed by atoms with E-state index >= 15 is 0 Å². The van der Waals surface area contributed by atoms with Gasteiger partial charge in [0.1, 0.15) is 6.10 Å². The molecule has 0 amide bonds. The molecular formula is C11H11N3O2. The summed E-state index contributed by atoms with van der Waals surface area (Å²) in [5.74, 6) is 1.09. The second-order valence-corrected chi connectivity index (χ2v) is 3.68. The molecule has 1 fully saturated rings. The summed E-state index contributed by atoms with van der Waals surface area (Å²) in [4.78, 5) is 3.94. The summed E-state index contributed by atoms with van der Waals surface area (Å²) < 4.78 is 11.1. The molecule has 1 aliphatic heterocycles. The van der Waals surface area contributed by atoms with E-state index < -0.39 is 0 Å². The Balaban J connectivity index is 1.87. The molecule has 0 N–H and O–H groups in total. The molecule has 0 spiro atoms. The maximum atomic E-state index is 5.58. The van der Waals surface area contributed by atoms with Crippen LogP contribution in [0, 0.1) is 0 Å². The number of aromatic nitrogens is 3. The van der Waals surface area contributed by atoms with Crippen molar-refractivity contribution >= 4 is 0 Å². The van der Waals surface area contributed by atoms with Crippen molar-refractivity contribution in [3.8, 4) is 11.5 Å². The summed E-state index contributed by atoms with van der Waals surface area (Å²) in [5, 5.41) is 8.02. The van der Waals surface area contributed by atoms with E-state index in [1.807, 2.05) is 12.1 Å². The molecule has 1 saturated heterocycles. The Kier molecular flexibility index (Phi) is 2.38. The third kappa shape index (κ3) is 1.69. The van der Waals surface area contributed by atoms with E-state index in [2.05, 4.69) is 15.2 Å². The Labute approximate surface area is 92.5 Å². The number of nitrogens with zero attached hydrogens (tertiary/aromatic N) is 3. The molecule has 0 aromatic carbocycles. The summed E-state index contributed by atoms with van der Waals surface area (Å²) in [5.41, 5.74) is 0.881. The summed E-state index contributed by atoms with van der Waals surface area (Å²) in [7, 11) is 0. The van der Waals surface area contributed by atoms with Crippen molar-refractivity contribution in [2.24, 2.45) is 0 Å². The summed E-state index contributed by atoms with van der Waals surface area (Å²) in [6.45, 7) is 0.775. The lowest BCUT2D eigenvalue weighted by atomic mass is 10.2. The monoisotopic (exact) mass is 217 g/mol. The van der Waals surface area contributed by atoms with Gasteiger partial charge in [-0.3, -0.25) is 4.98 Å². The zero-order chi connectivity index (χ0) is 10.8. The molecule has 1 atom stereocenters. The first kappa shape index (κ1) is 9.47. The van der Waals surface area contributed by atoms with Gasteiger partial charge in [0, 0.05) is 24.6 Å². The smallest absolute Gasteiger partial charge is 0.248 e. The lowest BCUT2D eigenvalue weighted by molar-refractivity contribution is 0.0896. The zero-order valence-corrected chi connectivity index (χ0v) is 8.67. The van der Waals surface area contributed by atoms with Crippen molar-refractivity contribution in [1.29, 1.82) is 0 Å². The van der Waals surface area contributed by atoms with Gasteiger partial charge in [-0.25, -0.2) is 0 Å². The van der Waals surface area contributed by atoms with E-state index in [0.29, 0.717) is 11.8 Å². The SMILES string of the molecule is c1cc(-c2nnc(C3CCCO3)o2)ccn1. The topological polar surface area (TPSA) is 61.0 Å². The third-order valence-electron chi connectivity index (χ3n) is 2.57. The van der Waals surface area contributed by atoms with Crippen molar-refractivity contribution in [2.45, 2.75) is 18.9 Å². The number of ether oxygens (including phenoxy) is 1. The molecule has 82 valence electrons. The normalized spacial score (nSPS) is 20.1. The minimum atomic E-state index is -0.0249. The van der Waals surface area contributed by atoms with Crippen molar-refractivity contribution in [3.05, 3.63) is 30.4 Å². The van der Waals surface area contributed by atoms with Gasteiger partial charge in [0.2, 0.25) is 11.8 Å². The van der Waals surface area contributed by atoms with Gasteiger partial charge in [-0.1, -0.05) is 0 Å². The highest BCUT2D eigenvalue weighted by Gasteiger charge is 2.23. The van der Waals surface area contributed by atoms with E-state index in [9.17, 15) is 0 Å². The fourth-order valence-electron chi connectivity index (χ4n) is 1.75. The molecule has 5 heteroatoms. The van der Waals surface area contributed by atoms with Crippen LogP contribution in [0.1, 0.15) is 24.8 Å². The van der Waals surface area contributed by atoms with Crippen molar-refractivity contribution in [3.63, 3.8) is 0 Å². The van der Waals surface area contributed by atoms with Gasteiger partial charge in [-0.2, -0.15) is 0 Å². The first-order valence-electron chi connectivity index (χ1n) is 5.29. The Hall–Kier alpha value is -1.75. The fourth-order valence-corrected chi connectivity index (χ4v) is 1.75. The number of rotatable bonds is 2. The van der Waals surface area contributed by atoms with Crippen LogP contribution in [0.25, 0.3) is 11.5 Å². The molecule has 0 aliphatic carbocycles. The lowest BCUT2D eigenvalue weighted by Gasteiger charge is -2.01. The molecule has 1 unspecified atom stereocenters. The van der Waals surface area contributed by atoms with Crippen molar-refractivity contribution in [2.75, 3.05) is 6.61 Å².